The molecule has 1 aromatic carbocycles. The number of nitrogens with two attached hydrogens (primary N) is 1. The van der Waals surface area contributed by atoms with E-state index in [0.717, 1.165) is 24.3 Å². The Balaban J connectivity index is 2.11. The van der Waals surface area contributed by atoms with Crippen LogP contribution in [0.25, 0.3) is 0 Å². The molecule has 2 unspecified atom stereocenters. The van der Waals surface area contributed by atoms with Crippen LogP contribution in [-0.4, -0.2) is 17.8 Å². The number of aliphatic hydroxyl groups is 1. The molecule has 1 saturated carbocycles. The van der Waals surface area contributed by atoms with Crippen molar-refractivity contribution in [1.29, 1.82) is 0 Å². The summed E-state index contributed by atoms with van der Waals surface area (Å²) in [5.74, 6) is 1.10. The van der Waals surface area contributed by atoms with E-state index in [4.69, 9.17) is 17.3 Å². The molecule has 1 aliphatic carbocycles. The molecule has 0 heterocycles. The van der Waals surface area contributed by atoms with Crippen LogP contribution in [-0.2, 0) is 0 Å². The monoisotopic (exact) mass is 281 g/mol. The normalized spacial score (nSPS) is 26.9. The fourth-order valence-electron chi connectivity index (χ4n) is 3.18. The average Bonchev–Trinajstić information content (AvgIpc) is 2.42. The molecule has 0 amide bonds. The second-order valence-electron chi connectivity index (χ2n) is 5.87. The number of hydrogen-bond donors (Lipinski definition) is 2. The Kier molecular flexibility index (Phi) is 5.26. The molecule has 3 heteroatoms. The zero-order chi connectivity index (χ0) is 13.8. The molecule has 2 rings (SSSR count). The Morgan fingerprint density at radius 1 is 1.26 bits per heavy atom. The first-order chi connectivity index (χ1) is 9.13. The molecule has 3 N–H and O–H groups in total. The van der Waals surface area contributed by atoms with E-state index in [-0.39, 0.29) is 12.0 Å². The number of halogens is 1. The highest BCUT2D eigenvalue weighted by Crippen LogP contribution is 2.36. The van der Waals surface area contributed by atoms with Crippen LogP contribution < -0.4 is 5.73 Å². The minimum Gasteiger partial charge on any atom is -0.392 e. The second kappa shape index (κ2) is 6.74. The smallest absolute Gasteiger partial charge is 0.0649 e. The molecule has 19 heavy (non-hydrogen) atoms. The molecule has 2 nitrogen and oxygen atoms in total. The predicted molar refractivity (Wildman–Crippen MR) is 80.4 cm³/mol. The fraction of sp³-hybridized carbons (Fsp3) is 0.625. The van der Waals surface area contributed by atoms with Gasteiger partial charge in [-0.05, 0) is 36.3 Å². The van der Waals surface area contributed by atoms with Crippen LogP contribution in [0.4, 0.5) is 0 Å². The van der Waals surface area contributed by atoms with Gasteiger partial charge in [0.25, 0.3) is 0 Å². The zero-order valence-corrected chi connectivity index (χ0v) is 12.3. The highest BCUT2D eigenvalue weighted by atomic mass is 35.5. The van der Waals surface area contributed by atoms with Crippen LogP contribution in [0.15, 0.2) is 24.3 Å². The van der Waals surface area contributed by atoms with Gasteiger partial charge in [-0.3, -0.25) is 0 Å². The molecule has 0 radical (unpaired) electrons. The number of rotatable bonds is 4. The van der Waals surface area contributed by atoms with Gasteiger partial charge in [-0.25, -0.2) is 0 Å². The summed E-state index contributed by atoms with van der Waals surface area (Å²) in [5.41, 5.74) is 6.87. The van der Waals surface area contributed by atoms with E-state index < -0.39 is 0 Å². The van der Waals surface area contributed by atoms with E-state index in [0.29, 0.717) is 17.5 Å². The average molecular weight is 282 g/mol. The van der Waals surface area contributed by atoms with Crippen LogP contribution in [0.2, 0.25) is 5.02 Å². The molecule has 0 spiro atoms. The van der Waals surface area contributed by atoms with Gasteiger partial charge in [-0.1, -0.05) is 49.6 Å². The van der Waals surface area contributed by atoms with Crippen LogP contribution in [0, 0.1) is 11.8 Å². The summed E-state index contributed by atoms with van der Waals surface area (Å²) >= 11 is 6.24. The van der Waals surface area contributed by atoms with Crippen molar-refractivity contribution in [3.8, 4) is 0 Å². The van der Waals surface area contributed by atoms with Gasteiger partial charge < -0.3 is 10.8 Å². The molecule has 106 valence electrons. The topological polar surface area (TPSA) is 46.2 Å². The SMILES string of the molecule is CC1CCC(C(O)C(CN)c2ccccc2Cl)CC1. The molecular weight excluding hydrogens is 258 g/mol. The maximum atomic E-state index is 10.7. The van der Waals surface area contributed by atoms with Gasteiger partial charge in [0.1, 0.15) is 0 Å². The van der Waals surface area contributed by atoms with Crippen molar-refractivity contribution >= 4 is 11.6 Å². The molecule has 0 aromatic heterocycles. The third kappa shape index (κ3) is 3.50. The van der Waals surface area contributed by atoms with Gasteiger partial charge >= 0.3 is 0 Å². The van der Waals surface area contributed by atoms with E-state index in [1.807, 2.05) is 24.3 Å². The van der Waals surface area contributed by atoms with Crippen molar-refractivity contribution < 1.29 is 5.11 Å². The van der Waals surface area contributed by atoms with E-state index in [1.165, 1.54) is 12.8 Å². The molecule has 1 aliphatic rings. The zero-order valence-electron chi connectivity index (χ0n) is 11.6. The summed E-state index contributed by atoms with van der Waals surface area (Å²) in [6.07, 6.45) is 4.24. The third-order valence-corrected chi connectivity index (χ3v) is 4.86. The standard InChI is InChI=1S/C16H24ClNO/c1-11-6-8-12(9-7-11)16(19)14(10-18)13-4-2-3-5-15(13)17/h2-5,11-12,14,16,19H,6-10,18H2,1H3. The van der Waals surface area contributed by atoms with Gasteiger partial charge in [0, 0.05) is 17.5 Å². The quantitative estimate of drug-likeness (QED) is 0.886. The lowest BCUT2D eigenvalue weighted by atomic mass is 9.75. The van der Waals surface area contributed by atoms with Gasteiger partial charge in [0.2, 0.25) is 0 Å². The molecule has 0 aliphatic heterocycles. The largest absolute Gasteiger partial charge is 0.392 e. The van der Waals surface area contributed by atoms with E-state index >= 15 is 0 Å². The van der Waals surface area contributed by atoms with Gasteiger partial charge in [-0.2, -0.15) is 0 Å². The van der Waals surface area contributed by atoms with Crippen molar-refractivity contribution in [3.63, 3.8) is 0 Å². The highest BCUT2D eigenvalue weighted by Gasteiger charge is 2.31. The van der Waals surface area contributed by atoms with Crippen molar-refractivity contribution in [2.45, 2.75) is 44.6 Å². The summed E-state index contributed by atoms with van der Waals surface area (Å²) in [4.78, 5) is 0. The summed E-state index contributed by atoms with van der Waals surface area (Å²) < 4.78 is 0. The van der Waals surface area contributed by atoms with Gasteiger partial charge in [-0.15, -0.1) is 0 Å². The van der Waals surface area contributed by atoms with Crippen molar-refractivity contribution in [2.75, 3.05) is 6.54 Å². The first-order valence-electron chi connectivity index (χ1n) is 7.26. The lowest BCUT2D eigenvalue weighted by Crippen LogP contribution is -2.34. The molecular formula is C16H24ClNO. The Morgan fingerprint density at radius 2 is 1.89 bits per heavy atom. The molecule has 1 fully saturated rings. The summed E-state index contributed by atoms with van der Waals surface area (Å²) in [5, 5.41) is 11.4. The maximum Gasteiger partial charge on any atom is 0.0649 e. The summed E-state index contributed by atoms with van der Waals surface area (Å²) in [6, 6.07) is 7.72. The minimum absolute atomic E-state index is 0.0490. The van der Waals surface area contributed by atoms with E-state index in [9.17, 15) is 5.11 Å². The fourth-order valence-corrected chi connectivity index (χ4v) is 3.46. The highest BCUT2D eigenvalue weighted by molar-refractivity contribution is 6.31. The lowest BCUT2D eigenvalue weighted by Gasteiger charge is -2.34. The summed E-state index contributed by atoms with van der Waals surface area (Å²) in [6.45, 7) is 2.73. The van der Waals surface area contributed by atoms with Crippen LogP contribution in [0.5, 0.6) is 0 Å². The van der Waals surface area contributed by atoms with Crippen LogP contribution in [0.3, 0.4) is 0 Å². The summed E-state index contributed by atoms with van der Waals surface area (Å²) in [7, 11) is 0. The Labute approximate surface area is 121 Å². The molecule has 0 bridgehead atoms. The van der Waals surface area contributed by atoms with Crippen LogP contribution in [0.1, 0.15) is 44.1 Å². The number of aliphatic hydroxyl groups excluding tert-OH is 1. The first-order valence-corrected chi connectivity index (χ1v) is 7.63. The van der Waals surface area contributed by atoms with Crippen molar-refractivity contribution in [3.05, 3.63) is 34.9 Å². The predicted octanol–water partition coefficient (Wildman–Crippen LogP) is 3.57. The van der Waals surface area contributed by atoms with Crippen molar-refractivity contribution in [1.82, 2.24) is 0 Å². The van der Waals surface area contributed by atoms with Crippen LogP contribution >= 0.6 is 11.6 Å². The Hall–Kier alpha value is -0.570. The van der Waals surface area contributed by atoms with E-state index in [1.54, 1.807) is 0 Å². The first kappa shape index (κ1) is 14.8. The number of hydrogen-bond acceptors (Lipinski definition) is 2. The van der Waals surface area contributed by atoms with E-state index in [2.05, 4.69) is 6.92 Å². The second-order valence-corrected chi connectivity index (χ2v) is 6.28. The third-order valence-electron chi connectivity index (χ3n) is 4.51. The number of benzene rings is 1. The molecule has 1 aromatic rings. The Bertz CT molecular complexity index is 401. The minimum atomic E-state index is -0.377. The molecule has 2 atom stereocenters. The van der Waals surface area contributed by atoms with Gasteiger partial charge in [0.15, 0.2) is 0 Å². The Morgan fingerprint density at radius 3 is 2.47 bits per heavy atom. The van der Waals surface area contributed by atoms with Gasteiger partial charge in [0.05, 0.1) is 6.10 Å². The lowest BCUT2D eigenvalue weighted by molar-refractivity contribution is 0.0548. The maximum absolute atomic E-state index is 10.7. The molecule has 0 saturated heterocycles. The van der Waals surface area contributed by atoms with Crippen molar-refractivity contribution in [2.24, 2.45) is 17.6 Å².